The number of carbonyl (C=O) groups excluding carboxylic acids is 2. The van der Waals surface area contributed by atoms with E-state index < -0.39 is 0 Å². The first-order chi connectivity index (χ1) is 9.23. The maximum atomic E-state index is 11.9. The van der Waals surface area contributed by atoms with E-state index >= 15 is 0 Å². The number of anilines is 1. The van der Waals surface area contributed by atoms with Gasteiger partial charge >= 0.3 is 0 Å². The van der Waals surface area contributed by atoms with Gasteiger partial charge in [0.05, 0.1) is 0 Å². The van der Waals surface area contributed by atoms with Crippen LogP contribution in [0.3, 0.4) is 0 Å². The van der Waals surface area contributed by atoms with Gasteiger partial charge in [0.2, 0.25) is 5.91 Å². The highest BCUT2D eigenvalue weighted by molar-refractivity contribution is 5.96. The number of carbonyl (C=O) groups is 2. The molecule has 1 aromatic carbocycles. The summed E-state index contributed by atoms with van der Waals surface area (Å²) in [6, 6.07) is 6.78. The van der Waals surface area contributed by atoms with Crippen LogP contribution >= 0.6 is 12.4 Å². The van der Waals surface area contributed by atoms with Crippen LogP contribution in [0, 0.1) is 5.92 Å². The highest BCUT2D eigenvalue weighted by atomic mass is 35.5. The zero-order valence-corrected chi connectivity index (χ0v) is 13.7. The van der Waals surface area contributed by atoms with Gasteiger partial charge < -0.3 is 16.4 Å². The van der Waals surface area contributed by atoms with Crippen LogP contribution in [-0.2, 0) is 4.79 Å². The summed E-state index contributed by atoms with van der Waals surface area (Å²) in [4.78, 5) is 23.6. The Morgan fingerprint density at radius 1 is 1.19 bits per heavy atom. The lowest BCUT2D eigenvalue weighted by Crippen LogP contribution is -2.40. The Balaban J connectivity index is 0.00000400. The summed E-state index contributed by atoms with van der Waals surface area (Å²) >= 11 is 0. The van der Waals surface area contributed by atoms with Crippen LogP contribution in [0.15, 0.2) is 24.3 Å². The fraction of sp³-hybridized carbons (Fsp3) is 0.467. The van der Waals surface area contributed by atoms with Gasteiger partial charge in [0.15, 0.2) is 0 Å². The lowest BCUT2D eigenvalue weighted by atomic mass is 10.1. The van der Waals surface area contributed by atoms with Crippen molar-refractivity contribution in [3.63, 3.8) is 0 Å². The third kappa shape index (κ3) is 6.60. The maximum absolute atomic E-state index is 11.9. The summed E-state index contributed by atoms with van der Waals surface area (Å²) in [5, 5.41) is 5.64. The molecule has 4 N–H and O–H groups in total. The number of hydrogen-bond donors (Lipinski definition) is 3. The molecule has 118 valence electrons. The molecule has 21 heavy (non-hydrogen) atoms. The third-order valence-electron chi connectivity index (χ3n) is 2.70. The Hall–Kier alpha value is -1.59. The molecule has 1 atom stereocenters. The van der Waals surface area contributed by atoms with Crippen molar-refractivity contribution >= 4 is 29.9 Å². The second kappa shape index (κ2) is 8.00. The van der Waals surface area contributed by atoms with Crippen molar-refractivity contribution in [3.8, 4) is 0 Å². The van der Waals surface area contributed by atoms with Crippen molar-refractivity contribution in [3.05, 3.63) is 29.8 Å². The van der Waals surface area contributed by atoms with Crippen LogP contribution in [-0.4, -0.2) is 23.9 Å². The van der Waals surface area contributed by atoms with Crippen molar-refractivity contribution in [2.24, 2.45) is 11.7 Å². The van der Waals surface area contributed by atoms with E-state index in [0.29, 0.717) is 17.8 Å². The number of halogens is 1. The lowest BCUT2D eigenvalue weighted by Gasteiger charge is -2.20. The van der Waals surface area contributed by atoms with Gasteiger partial charge in [-0.2, -0.15) is 0 Å². The van der Waals surface area contributed by atoms with E-state index in [0.717, 1.165) is 0 Å². The predicted molar refractivity (Wildman–Crippen MR) is 87.8 cm³/mol. The predicted octanol–water partition coefficient (Wildman–Crippen LogP) is 2.17. The molecule has 0 aliphatic rings. The van der Waals surface area contributed by atoms with Crippen LogP contribution in [0.5, 0.6) is 0 Å². The quantitative estimate of drug-likeness (QED) is 0.796. The molecule has 0 saturated carbocycles. The molecule has 0 heterocycles. The zero-order valence-electron chi connectivity index (χ0n) is 12.9. The minimum Gasteiger partial charge on any atom is -0.347 e. The summed E-state index contributed by atoms with van der Waals surface area (Å²) in [5.41, 5.74) is 6.37. The monoisotopic (exact) mass is 313 g/mol. The molecule has 6 heteroatoms. The number of rotatable bonds is 4. The Labute approximate surface area is 132 Å². The Kier molecular flexibility index (Phi) is 7.39. The van der Waals surface area contributed by atoms with Gasteiger partial charge in [-0.15, -0.1) is 12.4 Å². The molecule has 1 rings (SSSR count). The number of nitrogens with two attached hydrogens (primary N) is 1. The number of hydrogen-bond acceptors (Lipinski definition) is 3. The van der Waals surface area contributed by atoms with Gasteiger partial charge in [-0.3, -0.25) is 9.59 Å². The number of nitrogens with one attached hydrogen (secondary N) is 2. The van der Waals surface area contributed by atoms with Crippen molar-refractivity contribution < 1.29 is 9.59 Å². The molecule has 1 unspecified atom stereocenters. The minimum absolute atomic E-state index is 0. The normalized spacial score (nSPS) is 12.0. The fourth-order valence-corrected chi connectivity index (χ4v) is 1.49. The van der Waals surface area contributed by atoms with Gasteiger partial charge in [0.1, 0.15) is 0 Å². The van der Waals surface area contributed by atoms with Crippen molar-refractivity contribution in [2.75, 3.05) is 11.9 Å². The van der Waals surface area contributed by atoms with Crippen LogP contribution < -0.4 is 16.4 Å². The van der Waals surface area contributed by atoms with Crippen molar-refractivity contribution in [1.82, 2.24) is 5.32 Å². The van der Waals surface area contributed by atoms with Crippen LogP contribution in [0.2, 0.25) is 0 Å². The van der Waals surface area contributed by atoms with Crippen LogP contribution in [0.1, 0.15) is 38.1 Å². The molecule has 0 fully saturated rings. The highest BCUT2D eigenvalue weighted by Gasteiger charge is 2.15. The average molecular weight is 314 g/mol. The Morgan fingerprint density at radius 2 is 1.71 bits per heavy atom. The molecule has 0 aliphatic carbocycles. The van der Waals surface area contributed by atoms with E-state index in [9.17, 15) is 9.59 Å². The molecule has 0 spiro atoms. The molecular formula is C15H24ClN3O2. The molecule has 0 saturated heterocycles. The van der Waals surface area contributed by atoms with E-state index in [4.69, 9.17) is 5.73 Å². The largest absolute Gasteiger partial charge is 0.347 e. The summed E-state index contributed by atoms with van der Waals surface area (Å²) in [6.07, 6.45) is 0. The molecule has 0 radical (unpaired) electrons. The first-order valence-electron chi connectivity index (χ1n) is 6.66. The summed E-state index contributed by atoms with van der Waals surface area (Å²) in [5.74, 6) is -0.496. The summed E-state index contributed by atoms with van der Waals surface area (Å²) in [7, 11) is 0. The van der Waals surface area contributed by atoms with Crippen molar-refractivity contribution in [2.45, 2.75) is 33.2 Å². The fourth-order valence-electron chi connectivity index (χ4n) is 1.49. The zero-order chi connectivity index (χ0) is 15.3. The number of amides is 2. The standard InChI is InChI=1S/C15H23N3O2.ClH/c1-10(9-16)13(19)17-12-7-5-11(6-8-12)14(20)18-15(2,3)4;/h5-8,10H,9,16H2,1-4H3,(H,17,19)(H,18,20);1H. The first kappa shape index (κ1) is 19.4. The number of benzene rings is 1. The maximum Gasteiger partial charge on any atom is 0.251 e. The van der Waals surface area contributed by atoms with Gasteiger partial charge in [0.25, 0.3) is 5.91 Å². The SMILES string of the molecule is CC(CN)C(=O)Nc1ccc(C(=O)NC(C)(C)C)cc1.Cl. The Morgan fingerprint density at radius 3 is 2.14 bits per heavy atom. The molecule has 5 nitrogen and oxygen atoms in total. The van der Waals surface area contributed by atoms with Gasteiger partial charge in [-0.05, 0) is 45.0 Å². The molecule has 1 aromatic rings. The first-order valence-corrected chi connectivity index (χ1v) is 6.66. The van der Waals surface area contributed by atoms with E-state index in [2.05, 4.69) is 10.6 Å². The minimum atomic E-state index is -0.277. The highest BCUT2D eigenvalue weighted by Crippen LogP contribution is 2.12. The third-order valence-corrected chi connectivity index (χ3v) is 2.70. The van der Waals surface area contributed by atoms with Crippen molar-refractivity contribution in [1.29, 1.82) is 0 Å². The van der Waals surface area contributed by atoms with Gasteiger partial charge in [-0.25, -0.2) is 0 Å². The lowest BCUT2D eigenvalue weighted by molar-refractivity contribution is -0.119. The van der Waals surface area contributed by atoms with E-state index in [1.165, 1.54) is 0 Å². The second-order valence-corrected chi connectivity index (χ2v) is 5.91. The van der Waals surface area contributed by atoms with Gasteiger partial charge in [-0.1, -0.05) is 6.92 Å². The Bertz CT molecular complexity index is 481. The van der Waals surface area contributed by atoms with E-state index in [1.54, 1.807) is 31.2 Å². The van der Waals surface area contributed by atoms with Crippen LogP contribution in [0.4, 0.5) is 5.69 Å². The van der Waals surface area contributed by atoms with Gasteiger partial charge in [0, 0.05) is 29.3 Å². The molecule has 0 bridgehead atoms. The molecular weight excluding hydrogens is 290 g/mol. The molecule has 0 aliphatic heterocycles. The molecule has 2 amide bonds. The molecule has 0 aromatic heterocycles. The smallest absolute Gasteiger partial charge is 0.251 e. The summed E-state index contributed by atoms with van der Waals surface area (Å²) < 4.78 is 0. The van der Waals surface area contributed by atoms with Crippen LogP contribution in [0.25, 0.3) is 0 Å². The summed E-state index contributed by atoms with van der Waals surface area (Å²) in [6.45, 7) is 7.84. The van der Waals surface area contributed by atoms with E-state index in [1.807, 2.05) is 20.8 Å². The topological polar surface area (TPSA) is 84.2 Å². The average Bonchev–Trinajstić information content (AvgIpc) is 2.36. The second-order valence-electron chi connectivity index (χ2n) is 5.91. The van der Waals surface area contributed by atoms with E-state index in [-0.39, 0.29) is 35.7 Å².